The number of carbonyl (C=O) groups excluding carboxylic acids is 1. The van der Waals surface area contributed by atoms with Crippen LogP contribution in [0.3, 0.4) is 0 Å². The lowest BCUT2D eigenvalue weighted by molar-refractivity contribution is 0.0934. The Labute approximate surface area is 152 Å². The van der Waals surface area contributed by atoms with Crippen LogP contribution < -0.4 is 10.6 Å². The zero-order chi connectivity index (χ0) is 17.9. The van der Waals surface area contributed by atoms with Crippen LogP contribution in [0.5, 0.6) is 0 Å². The van der Waals surface area contributed by atoms with Crippen molar-refractivity contribution in [3.63, 3.8) is 0 Å². The van der Waals surface area contributed by atoms with Crippen LogP contribution in [-0.4, -0.2) is 22.6 Å². The van der Waals surface area contributed by atoms with Gasteiger partial charge in [0.25, 0.3) is 5.91 Å². The summed E-state index contributed by atoms with van der Waals surface area (Å²) in [5.41, 5.74) is 6.00. The third-order valence-electron chi connectivity index (χ3n) is 4.89. The fourth-order valence-electron chi connectivity index (χ4n) is 3.37. The van der Waals surface area contributed by atoms with E-state index in [4.69, 9.17) is 0 Å². The van der Waals surface area contributed by atoms with Gasteiger partial charge in [0.05, 0.1) is 11.7 Å². The second-order valence-corrected chi connectivity index (χ2v) is 6.64. The molecule has 0 saturated heterocycles. The SMILES string of the molecule is CC(NC(=O)c1n[nH]c2c1CCNC2)c1ccc(-c2ccccc2)cc1. The molecule has 4 rings (SSSR count). The molecule has 0 radical (unpaired) electrons. The van der Waals surface area contributed by atoms with Gasteiger partial charge in [-0.25, -0.2) is 0 Å². The lowest BCUT2D eigenvalue weighted by atomic mass is 10.0. The van der Waals surface area contributed by atoms with E-state index in [9.17, 15) is 4.79 Å². The standard InChI is InChI=1S/C21H22N4O/c1-14(15-7-9-17(10-8-15)16-5-3-2-4-6-16)23-21(26)20-18-11-12-22-13-19(18)24-25-20/h2-10,14,22H,11-13H2,1H3,(H,23,26)(H,24,25). The molecule has 3 aromatic rings. The van der Waals surface area contributed by atoms with Gasteiger partial charge in [0, 0.05) is 12.1 Å². The second kappa shape index (κ2) is 7.14. The number of hydrogen-bond acceptors (Lipinski definition) is 3. The number of aromatic nitrogens is 2. The molecular weight excluding hydrogens is 324 g/mol. The molecule has 1 aliphatic heterocycles. The van der Waals surface area contributed by atoms with Crippen molar-refractivity contribution >= 4 is 5.91 Å². The summed E-state index contributed by atoms with van der Waals surface area (Å²) in [6, 6.07) is 18.5. The first kappa shape index (κ1) is 16.5. The highest BCUT2D eigenvalue weighted by Crippen LogP contribution is 2.22. The highest BCUT2D eigenvalue weighted by atomic mass is 16.2. The maximum absolute atomic E-state index is 12.6. The number of hydrogen-bond donors (Lipinski definition) is 3. The van der Waals surface area contributed by atoms with E-state index in [0.29, 0.717) is 5.69 Å². The first-order valence-corrected chi connectivity index (χ1v) is 8.95. The van der Waals surface area contributed by atoms with Gasteiger partial charge in [-0.15, -0.1) is 0 Å². The molecule has 0 aliphatic carbocycles. The van der Waals surface area contributed by atoms with Gasteiger partial charge in [0.15, 0.2) is 5.69 Å². The quantitative estimate of drug-likeness (QED) is 0.679. The molecule has 3 N–H and O–H groups in total. The van der Waals surface area contributed by atoms with Gasteiger partial charge in [-0.05, 0) is 36.6 Å². The number of nitrogens with zero attached hydrogens (tertiary/aromatic N) is 1. The summed E-state index contributed by atoms with van der Waals surface area (Å²) in [5, 5.41) is 13.5. The number of amides is 1. The summed E-state index contributed by atoms with van der Waals surface area (Å²) in [7, 11) is 0. The van der Waals surface area contributed by atoms with Crippen molar-refractivity contribution in [3.8, 4) is 11.1 Å². The van der Waals surface area contributed by atoms with E-state index in [-0.39, 0.29) is 11.9 Å². The van der Waals surface area contributed by atoms with Crippen LogP contribution in [0.1, 0.15) is 40.3 Å². The molecule has 5 heteroatoms. The van der Waals surface area contributed by atoms with E-state index in [2.05, 4.69) is 57.2 Å². The van der Waals surface area contributed by atoms with E-state index in [0.717, 1.165) is 36.3 Å². The molecule has 0 spiro atoms. The maximum Gasteiger partial charge on any atom is 0.272 e. The zero-order valence-corrected chi connectivity index (χ0v) is 14.8. The van der Waals surface area contributed by atoms with Crippen molar-refractivity contribution in [1.82, 2.24) is 20.8 Å². The Morgan fingerprint density at radius 2 is 1.81 bits per heavy atom. The first-order chi connectivity index (χ1) is 12.7. The molecule has 0 fully saturated rings. The van der Waals surface area contributed by atoms with Gasteiger partial charge in [0.2, 0.25) is 0 Å². The molecule has 5 nitrogen and oxygen atoms in total. The minimum absolute atomic E-state index is 0.0820. The number of nitrogens with one attached hydrogen (secondary N) is 3. The largest absolute Gasteiger partial charge is 0.344 e. The molecule has 132 valence electrons. The Hall–Kier alpha value is -2.92. The molecule has 26 heavy (non-hydrogen) atoms. The first-order valence-electron chi connectivity index (χ1n) is 8.95. The molecule has 1 aliphatic rings. The van der Waals surface area contributed by atoms with Crippen molar-refractivity contribution in [2.45, 2.75) is 25.9 Å². The molecule has 1 aromatic heterocycles. The zero-order valence-electron chi connectivity index (χ0n) is 14.8. The van der Waals surface area contributed by atoms with E-state index in [1.807, 2.05) is 25.1 Å². The van der Waals surface area contributed by atoms with Crippen molar-refractivity contribution in [2.75, 3.05) is 6.54 Å². The number of H-pyrrole nitrogens is 1. The minimum Gasteiger partial charge on any atom is -0.344 e. The topological polar surface area (TPSA) is 69.8 Å². The summed E-state index contributed by atoms with van der Waals surface area (Å²) in [6.07, 6.45) is 0.828. The average molecular weight is 346 g/mol. The van der Waals surface area contributed by atoms with Gasteiger partial charge >= 0.3 is 0 Å². The third-order valence-corrected chi connectivity index (χ3v) is 4.89. The molecule has 1 amide bonds. The van der Waals surface area contributed by atoms with Crippen LogP contribution in [0.25, 0.3) is 11.1 Å². The maximum atomic E-state index is 12.6. The Bertz CT molecular complexity index is 900. The van der Waals surface area contributed by atoms with Crippen LogP contribution in [0.2, 0.25) is 0 Å². The van der Waals surface area contributed by atoms with Gasteiger partial charge in [-0.1, -0.05) is 54.6 Å². The summed E-state index contributed by atoms with van der Waals surface area (Å²) in [5.74, 6) is -0.121. The Morgan fingerprint density at radius 1 is 1.08 bits per heavy atom. The molecule has 2 aromatic carbocycles. The van der Waals surface area contributed by atoms with E-state index >= 15 is 0 Å². The lowest BCUT2D eigenvalue weighted by Gasteiger charge is -2.16. The Balaban J connectivity index is 1.47. The summed E-state index contributed by atoms with van der Waals surface area (Å²) in [4.78, 5) is 12.6. The predicted octanol–water partition coefficient (Wildman–Crippen LogP) is 3.21. The lowest BCUT2D eigenvalue weighted by Crippen LogP contribution is -2.29. The molecule has 1 atom stereocenters. The molecule has 2 heterocycles. The van der Waals surface area contributed by atoms with Crippen LogP contribution in [0.15, 0.2) is 54.6 Å². The van der Waals surface area contributed by atoms with E-state index < -0.39 is 0 Å². The van der Waals surface area contributed by atoms with Crippen LogP contribution in [0, 0.1) is 0 Å². The normalized spacial score (nSPS) is 14.5. The smallest absolute Gasteiger partial charge is 0.272 e. The summed E-state index contributed by atoms with van der Waals surface area (Å²) < 4.78 is 0. The number of fused-ring (bicyclic) bond motifs is 1. The number of carbonyl (C=O) groups is 1. The van der Waals surface area contributed by atoms with Crippen molar-refractivity contribution < 1.29 is 4.79 Å². The van der Waals surface area contributed by atoms with Gasteiger partial charge in [0.1, 0.15) is 0 Å². The van der Waals surface area contributed by atoms with E-state index in [1.54, 1.807) is 0 Å². The summed E-state index contributed by atoms with van der Waals surface area (Å²) in [6.45, 7) is 3.62. The van der Waals surface area contributed by atoms with Crippen molar-refractivity contribution in [1.29, 1.82) is 0 Å². The third kappa shape index (κ3) is 3.26. The van der Waals surface area contributed by atoms with Crippen molar-refractivity contribution in [3.05, 3.63) is 77.1 Å². The number of benzene rings is 2. The fourth-order valence-corrected chi connectivity index (χ4v) is 3.37. The van der Waals surface area contributed by atoms with Crippen molar-refractivity contribution in [2.24, 2.45) is 0 Å². The summed E-state index contributed by atoms with van der Waals surface area (Å²) >= 11 is 0. The Kier molecular flexibility index (Phi) is 4.54. The highest BCUT2D eigenvalue weighted by Gasteiger charge is 2.22. The number of aromatic amines is 1. The van der Waals surface area contributed by atoms with Crippen LogP contribution in [0.4, 0.5) is 0 Å². The van der Waals surface area contributed by atoms with Gasteiger partial charge in [-0.2, -0.15) is 5.10 Å². The van der Waals surface area contributed by atoms with Gasteiger partial charge < -0.3 is 10.6 Å². The van der Waals surface area contributed by atoms with E-state index in [1.165, 1.54) is 11.1 Å². The monoisotopic (exact) mass is 346 g/mol. The molecule has 1 unspecified atom stereocenters. The second-order valence-electron chi connectivity index (χ2n) is 6.64. The fraction of sp³-hybridized carbons (Fsp3) is 0.238. The van der Waals surface area contributed by atoms with Gasteiger partial charge in [-0.3, -0.25) is 9.89 Å². The average Bonchev–Trinajstić information content (AvgIpc) is 3.13. The molecule has 0 bridgehead atoms. The minimum atomic E-state index is -0.121. The highest BCUT2D eigenvalue weighted by molar-refractivity contribution is 5.94. The molecular formula is C21H22N4O. The molecule has 0 saturated carbocycles. The number of rotatable bonds is 4. The van der Waals surface area contributed by atoms with Crippen LogP contribution >= 0.6 is 0 Å². The van der Waals surface area contributed by atoms with Crippen LogP contribution in [-0.2, 0) is 13.0 Å². The Morgan fingerprint density at radius 3 is 2.58 bits per heavy atom. The predicted molar refractivity (Wildman–Crippen MR) is 102 cm³/mol.